The largest absolute Gasteiger partial charge is 0.332 e. The van der Waals surface area contributed by atoms with Gasteiger partial charge < -0.3 is 0 Å². The Morgan fingerprint density at radius 1 is 1.07 bits per heavy atom. The Bertz CT molecular complexity index is 397. The first-order chi connectivity index (χ1) is 6.41. The first-order valence-electron chi connectivity index (χ1n) is 4.43. The predicted octanol–water partition coefficient (Wildman–Crippen LogP) is 2.99. The van der Waals surface area contributed by atoms with Crippen molar-refractivity contribution >= 4 is 10.2 Å². The van der Waals surface area contributed by atoms with Crippen molar-refractivity contribution < 1.29 is 12.3 Å². The number of halogens is 1. The zero-order chi connectivity index (χ0) is 11.4. The minimum atomic E-state index is -4.54. The van der Waals surface area contributed by atoms with E-state index in [0.717, 1.165) is 11.1 Å². The molecule has 0 aliphatic carbocycles. The third kappa shape index (κ3) is 3.46. The third-order valence-corrected chi connectivity index (χ3v) is 2.58. The van der Waals surface area contributed by atoms with Crippen LogP contribution in [0.15, 0.2) is 23.1 Å². The van der Waals surface area contributed by atoms with Crippen LogP contribution in [0.1, 0.15) is 25.0 Å². The van der Waals surface area contributed by atoms with Gasteiger partial charge in [-0.2, -0.15) is 8.42 Å². The maximum atomic E-state index is 12.4. The van der Waals surface area contributed by atoms with Gasteiger partial charge in [-0.1, -0.05) is 19.9 Å². The Morgan fingerprint density at radius 3 is 1.93 bits per heavy atom. The summed E-state index contributed by atoms with van der Waals surface area (Å²) in [6, 6.07) is 4.17. The molecule has 80 valence electrons. The van der Waals surface area contributed by atoms with Crippen molar-refractivity contribution in [3.8, 4) is 0 Å². The zero-order valence-corrected chi connectivity index (χ0v) is 9.65. The molecule has 2 nitrogen and oxygen atoms in total. The fourth-order valence-electron chi connectivity index (χ4n) is 0.866. The average Bonchev–Trinajstić information content (AvgIpc) is 2.11. The van der Waals surface area contributed by atoms with Crippen LogP contribution in [-0.2, 0) is 10.2 Å². The van der Waals surface area contributed by atoms with Crippen molar-refractivity contribution in [1.82, 2.24) is 0 Å². The summed E-state index contributed by atoms with van der Waals surface area (Å²) in [5.41, 5.74) is 1.72. The van der Waals surface area contributed by atoms with E-state index in [0.29, 0.717) is 0 Å². The van der Waals surface area contributed by atoms with E-state index in [9.17, 15) is 12.3 Å². The quantitative estimate of drug-likeness (QED) is 0.679. The third-order valence-electron chi connectivity index (χ3n) is 1.76. The highest BCUT2D eigenvalue weighted by molar-refractivity contribution is 7.86. The van der Waals surface area contributed by atoms with Crippen LogP contribution >= 0.6 is 0 Å². The maximum absolute atomic E-state index is 12.4. The van der Waals surface area contributed by atoms with Crippen LogP contribution in [0.2, 0.25) is 0 Å². The Morgan fingerprint density at radius 2 is 1.57 bits per heavy atom. The molecule has 0 aromatic heterocycles. The highest BCUT2D eigenvalue weighted by Crippen LogP contribution is 2.16. The van der Waals surface area contributed by atoms with E-state index in [-0.39, 0.29) is 4.90 Å². The van der Waals surface area contributed by atoms with Gasteiger partial charge in [0, 0.05) is 0 Å². The van der Waals surface area contributed by atoms with Crippen molar-refractivity contribution in [3.05, 3.63) is 29.3 Å². The van der Waals surface area contributed by atoms with Gasteiger partial charge in [0.25, 0.3) is 0 Å². The molecule has 0 heterocycles. The summed E-state index contributed by atoms with van der Waals surface area (Å²) in [6.45, 7) is 7.58. The Balaban J connectivity index is 0.000000791. The van der Waals surface area contributed by atoms with Gasteiger partial charge in [0.05, 0.1) is 4.90 Å². The van der Waals surface area contributed by atoms with E-state index in [1.165, 1.54) is 12.1 Å². The highest BCUT2D eigenvalue weighted by atomic mass is 32.3. The number of rotatable bonds is 1. The summed E-state index contributed by atoms with van der Waals surface area (Å²) < 4.78 is 33.3. The second kappa shape index (κ2) is 5.10. The molecule has 0 atom stereocenters. The summed E-state index contributed by atoms with van der Waals surface area (Å²) in [5.74, 6) is 0. The lowest BCUT2D eigenvalue weighted by Crippen LogP contribution is -1.93. The summed E-state index contributed by atoms with van der Waals surface area (Å²) in [6.07, 6.45) is 0. The van der Waals surface area contributed by atoms with Gasteiger partial charge in [0.15, 0.2) is 0 Å². The summed E-state index contributed by atoms with van der Waals surface area (Å²) in [4.78, 5) is -0.273. The van der Waals surface area contributed by atoms with E-state index in [4.69, 9.17) is 0 Å². The first kappa shape index (κ1) is 13.1. The number of hydrogen-bond donors (Lipinski definition) is 0. The van der Waals surface area contributed by atoms with Gasteiger partial charge in [0.1, 0.15) is 0 Å². The predicted molar refractivity (Wildman–Crippen MR) is 55.6 cm³/mol. The number of aryl methyl sites for hydroxylation is 2. The van der Waals surface area contributed by atoms with Crippen molar-refractivity contribution in [1.29, 1.82) is 0 Å². The van der Waals surface area contributed by atoms with Gasteiger partial charge in [0.2, 0.25) is 0 Å². The summed E-state index contributed by atoms with van der Waals surface area (Å²) >= 11 is 0. The Hall–Kier alpha value is -0.900. The molecule has 1 aromatic rings. The monoisotopic (exact) mass is 218 g/mol. The van der Waals surface area contributed by atoms with E-state index >= 15 is 0 Å². The molecule has 1 rings (SSSR count). The molecule has 0 spiro atoms. The molecule has 0 radical (unpaired) electrons. The zero-order valence-electron chi connectivity index (χ0n) is 8.83. The van der Waals surface area contributed by atoms with Crippen LogP contribution in [0.5, 0.6) is 0 Å². The van der Waals surface area contributed by atoms with E-state index in [1.807, 2.05) is 20.8 Å². The van der Waals surface area contributed by atoms with Crippen molar-refractivity contribution in [2.24, 2.45) is 0 Å². The van der Waals surface area contributed by atoms with Gasteiger partial charge in [-0.3, -0.25) is 0 Å². The van der Waals surface area contributed by atoms with Crippen LogP contribution in [-0.4, -0.2) is 8.42 Å². The lowest BCUT2D eigenvalue weighted by atomic mass is 10.1. The average molecular weight is 218 g/mol. The second-order valence-electron chi connectivity index (χ2n) is 2.68. The van der Waals surface area contributed by atoms with Gasteiger partial charge in [-0.05, 0) is 37.1 Å². The Labute approximate surface area is 85.0 Å². The summed E-state index contributed by atoms with van der Waals surface area (Å²) in [7, 11) is -4.54. The fourth-order valence-corrected chi connectivity index (χ4v) is 1.41. The summed E-state index contributed by atoms with van der Waals surface area (Å²) in [5, 5.41) is 0. The SMILES string of the molecule is CC.Cc1ccc(S(=O)(=O)F)cc1C. The first-order valence-corrected chi connectivity index (χ1v) is 5.81. The van der Waals surface area contributed by atoms with E-state index < -0.39 is 10.2 Å². The topological polar surface area (TPSA) is 34.1 Å². The normalized spacial score (nSPS) is 10.4. The molecule has 0 N–H and O–H groups in total. The molecule has 0 saturated heterocycles. The van der Waals surface area contributed by atoms with Gasteiger partial charge in [-0.25, -0.2) is 0 Å². The molecule has 0 bridgehead atoms. The molecule has 0 aliphatic heterocycles. The standard InChI is InChI=1S/C8H9FO2S.C2H6/c1-6-3-4-8(5-7(6)2)12(9,10)11;1-2/h3-5H,1-2H3;1-2H3. The van der Waals surface area contributed by atoms with Gasteiger partial charge in [-0.15, -0.1) is 3.89 Å². The van der Waals surface area contributed by atoms with Crippen molar-refractivity contribution in [2.75, 3.05) is 0 Å². The second-order valence-corrected chi connectivity index (χ2v) is 4.03. The van der Waals surface area contributed by atoms with Crippen LogP contribution < -0.4 is 0 Å². The van der Waals surface area contributed by atoms with Crippen LogP contribution in [0.4, 0.5) is 3.89 Å². The smallest absolute Gasteiger partial charge is 0.189 e. The lowest BCUT2D eigenvalue weighted by molar-refractivity contribution is 0.552. The minimum Gasteiger partial charge on any atom is -0.189 e. The molecule has 0 unspecified atom stereocenters. The fraction of sp³-hybridized carbons (Fsp3) is 0.400. The molecule has 1 aromatic carbocycles. The van der Waals surface area contributed by atoms with E-state index in [2.05, 4.69) is 0 Å². The Kier molecular flexibility index (Phi) is 4.77. The number of hydrogen-bond acceptors (Lipinski definition) is 2. The van der Waals surface area contributed by atoms with E-state index in [1.54, 1.807) is 13.0 Å². The van der Waals surface area contributed by atoms with Crippen molar-refractivity contribution in [2.45, 2.75) is 32.6 Å². The van der Waals surface area contributed by atoms with Crippen LogP contribution in [0.25, 0.3) is 0 Å². The molecule has 0 aliphatic rings. The molecular formula is C10H15FO2S. The number of benzene rings is 1. The van der Waals surface area contributed by atoms with Crippen molar-refractivity contribution in [3.63, 3.8) is 0 Å². The van der Waals surface area contributed by atoms with Crippen LogP contribution in [0.3, 0.4) is 0 Å². The maximum Gasteiger partial charge on any atom is 0.332 e. The molecular weight excluding hydrogens is 203 g/mol. The van der Waals surface area contributed by atoms with Crippen LogP contribution in [0, 0.1) is 13.8 Å². The lowest BCUT2D eigenvalue weighted by Gasteiger charge is -2.00. The molecule has 4 heteroatoms. The molecule has 14 heavy (non-hydrogen) atoms. The molecule has 0 fully saturated rings. The molecule has 0 saturated carbocycles. The van der Waals surface area contributed by atoms with Gasteiger partial charge >= 0.3 is 10.2 Å². The minimum absolute atomic E-state index is 0.273. The highest BCUT2D eigenvalue weighted by Gasteiger charge is 2.11. The molecule has 0 amide bonds.